The van der Waals surface area contributed by atoms with Crippen molar-refractivity contribution in [2.24, 2.45) is 9.98 Å². The first-order valence-electron chi connectivity index (χ1n) is 6.98. The van der Waals surface area contributed by atoms with Crippen molar-refractivity contribution in [2.45, 2.75) is 32.6 Å². The van der Waals surface area contributed by atoms with Crippen molar-refractivity contribution in [3.05, 3.63) is 41.6 Å². The average Bonchev–Trinajstić information content (AvgIpc) is 2.49. The predicted octanol–water partition coefficient (Wildman–Crippen LogP) is 4.94. The van der Waals surface area contributed by atoms with Crippen LogP contribution in [0.1, 0.15) is 32.6 Å². The molecule has 0 saturated heterocycles. The summed E-state index contributed by atoms with van der Waals surface area (Å²) >= 11 is 5.89. The molecule has 2 rings (SSSR count). The lowest BCUT2D eigenvalue weighted by Gasteiger charge is -2.12. The van der Waals surface area contributed by atoms with E-state index >= 15 is 0 Å². The number of rotatable bonds is 5. The van der Waals surface area contributed by atoms with Crippen LogP contribution in [0.2, 0.25) is 5.02 Å². The van der Waals surface area contributed by atoms with Crippen LogP contribution in [-0.2, 0) is 4.74 Å². The molecule has 1 aromatic rings. The zero-order valence-electron chi connectivity index (χ0n) is 11.7. The van der Waals surface area contributed by atoms with Gasteiger partial charge in [0.25, 0.3) is 0 Å². The largest absolute Gasteiger partial charge is 0.476 e. The minimum absolute atomic E-state index is 0.630. The Labute approximate surface area is 125 Å². The molecule has 1 aliphatic heterocycles. The monoisotopic (exact) mass is 290 g/mol. The predicted molar refractivity (Wildman–Crippen MR) is 85.2 cm³/mol. The Hall–Kier alpha value is -1.61. The first-order valence-corrected chi connectivity index (χ1v) is 7.36. The molecule has 0 N–H and O–H groups in total. The minimum Gasteiger partial charge on any atom is -0.476 e. The molecule has 0 radical (unpaired) electrons. The highest BCUT2D eigenvalue weighted by Gasteiger charge is 2.12. The highest BCUT2D eigenvalue weighted by atomic mass is 35.5. The third kappa shape index (κ3) is 4.49. The molecule has 0 aliphatic carbocycles. The molecule has 0 fully saturated rings. The van der Waals surface area contributed by atoms with Crippen LogP contribution in [0.4, 0.5) is 5.69 Å². The van der Waals surface area contributed by atoms with Crippen LogP contribution >= 0.6 is 11.6 Å². The Morgan fingerprint density at radius 2 is 2.15 bits per heavy atom. The Kier molecular flexibility index (Phi) is 5.81. The fourth-order valence-corrected chi connectivity index (χ4v) is 1.92. The van der Waals surface area contributed by atoms with Gasteiger partial charge in [0.2, 0.25) is 5.90 Å². The number of ether oxygens (including phenoxy) is 1. The highest BCUT2D eigenvalue weighted by molar-refractivity contribution is 6.39. The standard InChI is InChI=1S/C16H19ClN2O/c1-2-3-12-20-16(15-6-4-5-11-18-15)19-14-9-7-13(17)8-10-14/h5,7-11H,2-4,6,12H2,1H3. The first-order chi connectivity index (χ1) is 9.79. The fourth-order valence-electron chi connectivity index (χ4n) is 1.79. The van der Waals surface area contributed by atoms with Gasteiger partial charge in [-0.15, -0.1) is 0 Å². The van der Waals surface area contributed by atoms with Gasteiger partial charge in [-0.1, -0.05) is 31.0 Å². The van der Waals surface area contributed by atoms with Gasteiger partial charge < -0.3 is 4.74 Å². The summed E-state index contributed by atoms with van der Waals surface area (Å²) in [5.74, 6) is 0.630. The van der Waals surface area contributed by atoms with Crippen LogP contribution in [0.25, 0.3) is 0 Å². The molecule has 0 unspecified atom stereocenters. The SMILES string of the molecule is CCCCOC(=Nc1ccc(Cl)cc1)C1=NC=CCC1. The molecule has 0 saturated carbocycles. The average molecular weight is 291 g/mol. The summed E-state index contributed by atoms with van der Waals surface area (Å²) in [6.07, 6.45) is 7.84. The Morgan fingerprint density at radius 3 is 2.80 bits per heavy atom. The smallest absolute Gasteiger partial charge is 0.236 e. The van der Waals surface area contributed by atoms with Gasteiger partial charge in [-0.2, -0.15) is 0 Å². The number of aliphatic imine (C=N–C) groups is 2. The van der Waals surface area contributed by atoms with E-state index in [2.05, 4.69) is 23.0 Å². The topological polar surface area (TPSA) is 34.0 Å². The Bertz CT molecular complexity index is 518. The van der Waals surface area contributed by atoms with Crippen LogP contribution in [0.5, 0.6) is 0 Å². The van der Waals surface area contributed by atoms with E-state index in [0.29, 0.717) is 17.5 Å². The van der Waals surface area contributed by atoms with Crippen molar-refractivity contribution >= 4 is 28.9 Å². The number of hydrogen-bond donors (Lipinski definition) is 0. The summed E-state index contributed by atoms with van der Waals surface area (Å²) in [5.41, 5.74) is 1.75. The molecular formula is C16H19ClN2O. The van der Waals surface area contributed by atoms with E-state index in [1.54, 1.807) is 0 Å². The first kappa shape index (κ1) is 14.8. The van der Waals surface area contributed by atoms with Gasteiger partial charge in [-0.25, -0.2) is 4.99 Å². The van der Waals surface area contributed by atoms with E-state index in [0.717, 1.165) is 37.1 Å². The van der Waals surface area contributed by atoms with Gasteiger partial charge in [0.05, 0.1) is 12.3 Å². The molecule has 106 valence electrons. The van der Waals surface area contributed by atoms with Gasteiger partial charge in [-0.3, -0.25) is 4.99 Å². The van der Waals surface area contributed by atoms with Crippen molar-refractivity contribution in [3.63, 3.8) is 0 Å². The summed E-state index contributed by atoms with van der Waals surface area (Å²) in [5, 5.41) is 0.704. The summed E-state index contributed by atoms with van der Waals surface area (Å²) in [7, 11) is 0. The number of halogens is 1. The van der Waals surface area contributed by atoms with E-state index in [1.165, 1.54) is 0 Å². The number of unbranched alkanes of at least 4 members (excludes halogenated alkanes) is 1. The molecule has 4 heteroatoms. The zero-order chi connectivity index (χ0) is 14.2. The van der Waals surface area contributed by atoms with Crippen molar-refractivity contribution in [1.29, 1.82) is 0 Å². The van der Waals surface area contributed by atoms with Crippen LogP contribution in [0.15, 0.2) is 46.5 Å². The second-order valence-electron chi connectivity index (χ2n) is 4.59. The van der Waals surface area contributed by atoms with Gasteiger partial charge in [0.15, 0.2) is 0 Å². The lowest BCUT2D eigenvalue weighted by atomic mass is 10.1. The summed E-state index contributed by atoms with van der Waals surface area (Å²) in [4.78, 5) is 8.94. The van der Waals surface area contributed by atoms with E-state index in [-0.39, 0.29) is 0 Å². The van der Waals surface area contributed by atoms with Crippen LogP contribution in [0, 0.1) is 0 Å². The maximum absolute atomic E-state index is 5.89. The highest BCUT2D eigenvalue weighted by Crippen LogP contribution is 2.18. The van der Waals surface area contributed by atoms with Crippen LogP contribution < -0.4 is 0 Å². The number of benzene rings is 1. The second kappa shape index (κ2) is 7.85. The fraction of sp³-hybridized carbons (Fsp3) is 0.375. The van der Waals surface area contributed by atoms with Crippen molar-refractivity contribution in [2.75, 3.05) is 6.61 Å². The van der Waals surface area contributed by atoms with Gasteiger partial charge in [0, 0.05) is 11.2 Å². The third-order valence-corrected chi connectivity index (χ3v) is 3.18. The van der Waals surface area contributed by atoms with E-state index in [1.807, 2.05) is 30.5 Å². The van der Waals surface area contributed by atoms with Crippen molar-refractivity contribution in [1.82, 2.24) is 0 Å². The molecule has 0 aromatic heterocycles. The minimum atomic E-state index is 0.630. The van der Waals surface area contributed by atoms with Gasteiger partial charge in [0.1, 0.15) is 5.71 Å². The van der Waals surface area contributed by atoms with E-state index < -0.39 is 0 Å². The Balaban J connectivity index is 2.18. The molecule has 0 atom stereocenters. The summed E-state index contributed by atoms with van der Waals surface area (Å²) in [6, 6.07) is 7.41. The molecule has 0 amide bonds. The zero-order valence-corrected chi connectivity index (χ0v) is 12.4. The van der Waals surface area contributed by atoms with Crippen LogP contribution in [-0.4, -0.2) is 18.2 Å². The number of allylic oxidation sites excluding steroid dienone is 1. The molecule has 1 aliphatic rings. The van der Waals surface area contributed by atoms with Gasteiger partial charge in [-0.05, 0) is 43.5 Å². The molecule has 1 aromatic carbocycles. The van der Waals surface area contributed by atoms with E-state index in [9.17, 15) is 0 Å². The number of nitrogens with zero attached hydrogens (tertiary/aromatic N) is 2. The maximum atomic E-state index is 5.89. The van der Waals surface area contributed by atoms with Crippen molar-refractivity contribution in [3.8, 4) is 0 Å². The molecule has 1 heterocycles. The van der Waals surface area contributed by atoms with E-state index in [4.69, 9.17) is 16.3 Å². The Morgan fingerprint density at radius 1 is 1.35 bits per heavy atom. The van der Waals surface area contributed by atoms with Gasteiger partial charge >= 0.3 is 0 Å². The summed E-state index contributed by atoms with van der Waals surface area (Å²) in [6.45, 7) is 2.81. The quantitative estimate of drug-likeness (QED) is 0.430. The lowest BCUT2D eigenvalue weighted by molar-refractivity contribution is 0.302. The maximum Gasteiger partial charge on any atom is 0.236 e. The summed E-state index contributed by atoms with van der Waals surface area (Å²) < 4.78 is 5.81. The molecular weight excluding hydrogens is 272 g/mol. The lowest BCUT2D eigenvalue weighted by Crippen LogP contribution is -2.19. The normalized spacial score (nSPS) is 15.1. The molecule has 0 spiro atoms. The molecule has 0 bridgehead atoms. The van der Waals surface area contributed by atoms with Crippen LogP contribution in [0.3, 0.4) is 0 Å². The molecule has 20 heavy (non-hydrogen) atoms. The third-order valence-electron chi connectivity index (χ3n) is 2.92. The second-order valence-corrected chi connectivity index (χ2v) is 5.03. The van der Waals surface area contributed by atoms with Crippen molar-refractivity contribution < 1.29 is 4.74 Å². The number of hydrogen-bond acceptors (Lipinski definition) is 3. The molecule has 3 nitrogen and oxygen atoms in total.